The van der Waals surface area contributed by atoms with E-state index in [1.807, 2.05) is 0 Å². The maximum atomic E-state index is 12.8. The molecule has 0 aromatic heterocycles. The first-order chi connectivity index (χ1) is 9.80. The molecule has 110 valence electrons. The molecule has 0 aliphatic carbocycles. The first kappa shape index (κ1) is 15.7. The number of carbonyl (C=O) groups excluding carboxylic acids is 1. The summed E-state index contributed by atoms with van der Waals surface area (Å²) in [7, 11) is 0. The third kappa shape index (κ3) is 3.49. The second-order valence-corrected chi connectivity index (χ2v) is 4.71. The van der Waals surface area contributed by atoms with Gasteiger partial charge in [-0.1, -0.05) is 29.8 Å². The van der Waals surface area contributed by atoms with E-state index in [1.54, 1.807) is 12.1 Å². The molecule has 0 N–H and O–H groups in total. The third-order valence-corrected chi connectivity index (χ3v) is 3.18. The van der Waals surface area contributed by atoms with Crippen LogP contribution in [0, 0.1) is 0 Å². The van der Waals surface area contributed by atoms with Crippen molar-refractivity contribution in [2.45, 2.75) is 6.18 Å². The molecule has 0 bridgehead atoms. The first-order valence-corrected chi connectivity index (χ1v) is 6.38. The lowest BCUT2D eigenvalue weighted by molar-refractivity contribution is -0.137. The smallest absolute Gasteiger partial charge is 0.417 e. The van der Waals surface area contributed by atoms with Gasteiger partial charge in [0.25, 0.3) is 5.24 Å². The molecule has 0 fully saturated rings. The lowest BCUT2D eigenvalue weighted by atomic mass is 10.2. The normalized spacial score (nSPS) is 11.3. The largest absolute Gasteiger partial charge is 0.455 e. The van der Waals surface area contributed by atoms with Crippen molar-refractivity contribution in [3.8, 4) is 11.5 Å². The summed E-state index contributed by atoms with van der Waals surface area (Å²) in [5.41, 5.74) is -0.982. The van der Waals surface area contributed by atoms with Crippen LogP contribution in [0.4, 0.5) is 13.2 Å². The molecule has 0 saturated carbocycles. The number of halogens is 5. The Balaban J connectivity index is 2.44. The Morgan fingerprint density at radius 3 is 2.24 bits per heavy atom. The van der Waals surface area contributed by atoms with E-state index >= 15 is 0 Å². The predicted molar refractivity (Wildman–Crippen MR) is 73.2 cm³/mol. The first-order valence-electron chi connectivity index (χ1n) is 5.63. The minimum absolute atomic E-state index is 0.0266. The summed E-state index contributed by atoms with van der Waals surface area (Å²) in [5, 5.41) is -1.37. The van der Waals surface area contributed by atoms with Gasteiger partial charge in [-0.15, -0.1) is 0 Å². The number of carbonyl (C=O) groups is 1. The van der Waals surface area contributed by atoms with Crippen LogP contribution in [0.3, 0.4) is 0 Å². The topological polar surface area (TPSA) is 26.3 Å². The number of rotatable bonds is 3. The second-order valence-electron chi connectivity index (χ2n) is 3.99. The molecule has 21 heavy (non-hydrogen) atoms. The van der Waals surface area contributed by atoms with Gasteiger partial charge in [-0.3, -0.25) is 4.79 Å². The Labute approximate surface area is 128 Å². The molecule has 2 rings (SSSR count). The minimum atomic E-state index is -4.60. The van der Waals surface area contributed by atoms with Gasteiger partial charge in [0.05, 0.1) is 16.1 Å². The van der Waals surface area contributed by atoms with E-state index < -0.39 is 22.0 Å². The van der Waals surface area contributed by atoms with Gasteiger partial charge in [-0.2, -0.15) is 13.2 Å². The fraction of sp³-hybridized carbons (Fsp3) is 0.0714. The van der Waals surface area contributed by atoms with E-state index in [0.717, 1.165) is 12.1 Å². The predicted octanol–water partition coefficient (Wildman–Crippen LogP) is 5.53. The van der Waals surface area contributed by atoms with Crippen LogP contribution in [0.25, 0.3) is 0 Å². The average molecular weight is 335 g/mol. The molecule has 2 nitrogen and oxygen atoms in total. The molecule has 0 unspecified atom stereocenters. The van der Waals surface area contributed by atoms with Gasteiger partial charge in [0, 0.05) is 0 Å². The second kappa shape index (κ2) is 5.95. The van der Waals surface area contributed by atoms with Gasteiger partial charge in [0.2, 0.25) is 0 Å². The van der Waals surface area contributed by atoms with Crippen LogP contribution in [0.15, 0.2) is 42.5 Å². The summed E-state index contributed by atoms with van der Waals surface area (Å²) < 4.78 is 43.6. The molecule has 0 radical (unpaired) electrons. The fourth-order valence-electron chi connectivity index (χ4n) is 1.65. The molecule has 2 aromatic carbocycles. The number of hydrogen-bond donors (Lipinski definition) is 0. The average Bonchev–Trinajstić information content (AvgIpc) is 2.40. The van der Waals surface area contributed by atoms with Gasteiger partial charge in [0.1, 0.15) is 11.5 Å². The summed E-state index contributed by atoms with van der Waals surface area (Å²) >= 11 is 11.1. The minimum Gasteiger partial charge on any atom is -0.455 e. The lowest BCUT2D eigenvalue weighted by Gasteiger charge is -2.14. The highest BCUT2D eigenvalue weighted by atomic mass is 35.5. The Morgan fingerprint density at radius 2 is 1.62 bits per heavy atom. The van der Waals surface area contributed by atoms with E-state index in [4.69, 9.17) is 27.9 Å². The quantitative estimate of drug-likeness (QED) is 0.690. The number of hydrogen-bond acceptors (Lipinski definition) is 2. The summed E-state index contributed by atoms with van der Waals surface area (Å²) in [6.45, 7) is 0. The van der Waals surface area contributed by atoms with Crippen molar-refractivity contribution in [3.05, 3.63) is 58.6 Å². The highest BCUT2D eigenvalue weighted by Crippen LogP contribution is 2.41. The van der Waals surface area contributed by atoms with E-state index in [-0.39, 0.29) is 17.1 Å². The molecular weight excluding hydrogens is 328 g/mol. The molecule has 0 aliphatic rings. The van der Waals surface area contributed by atoms with Crippen molar-refractivity contribution >= 4 is 28.4 Å². The summed E-state index contributed by atoms with van der Waals surface area (Å²) in [5.74, 6) is -0.185. The van der Waals surface area contributed by atoms with E-state index in [0.29, 0.717) is 0 Å². The third-order valence-electron chi connectivity index (χ3n) is 2.59. The maximum Gasteiger partial charge on any atom is 0.417 e. The van der Waals surface area contributed by atoms with Crippen LogP contribution in [0.5, 0.6) is 11.5 Å². The number of ether oxygens (including phenoxy) is 1. The van der Waals surface area contributed by atoms with Gasteiger partial charge in [0.15, 0.2) is 0 Å². The Bertz CT molecular complexity index is 684. The zero-order valence-electron chi connectivity index (χ0n) is 10.2. The van der Waals surface area contributed by atoms with E-state index in [1.165, 1.54) is 18.2 Å². The molecule has 0 atom stereocenters. The van der Waals surface area contributed by atoms with Gasteiger partial charge < -0.3 is 4.74 Å². The van der Waals surface area contributed by atoms with Crippen molar-refractivity contribution in [2.75, 3.05) is 0 Å². The monoisotopic (exact) mass is 334 g/mol. The van der Waals surface area contributed by atoms with Gasteiger partial charge >= 0.3 is 6.18 Å². The SMILES string of the molecule is O=C(Cl)c1ccccc1Oc1cccc(C(F)(F)F)c1Cl. The Morgan fingerprint density at radius 1 is 1.00 bits per heavy atom. The van der Waals surface area contributed by atoms with Gasteiger partial charge in [-0.25, -0.2) is 0 Å². The summed E-state index contributed by atoms with van der Waals surface area (Å²) in [4.78, 5) is 11.2. The van der Waals surface area contributed by atoms with Crippen LogP contribution in [-0.2, 0) is 6.18 Å². The standard InChI is InChI=1S/C14H7Cl2F3O2/c15-12-9(14(17,18)19)5-3-7-11(12)21-10-6-2-1-4-8(10)13(16)20/h1-7H. The van der Waals surface area contributed by atoms with Crippen LogP contribution in [0.1, 0.15) is 15.9 Å². The fourth-order valence-corrected chi connectivity index (χ4v) is 2.07. The molecule has 2 aromatic rings. The summed E-state index contributed by atoms with van der Waals surface area (Å²) in [6, 6.07) is 9.19. The number of alkyl halides is 3. The van der Waals surface area contributed by atoms with Crippen molar-refractivity contribution < 1.29 is 22.7 Å². The van der Waals surface area contributed by atoms with Crippen LogP contribution in [0.2, 0.25) is 5.02 Å². The van der Waals surface area contributed by atoms with E-state index in [9.17, 15) is 18.0 Å². The summed E-state index contributed by atoms with van der Waals surface area (Å²) in [6.07, 6.45) is -4.60. The highest BCUT2D eigenvalue weighted by molar-refractivity contribution is 6.68. The number of benzene rings is 2. The van der Waals surface area contributed by atoms with Crippen LogP contribution < -0.4 is 4.74 Å². The highest BCUT2D eigenvalue weighted by Gasteiger charge is 2.34. The van der Waals surface area contributed by atoms with Crippen molar-refractivity contribution in [3.63, 3.8) is 0 Å². The van der Waals surface area contributed by atoms with Crippen molar-refractivity contribution in [1.82, 2.24) is 0 Å². The zero-order chi connectivity index (χ0) is 15.6. The number of para-hydroxylation sites is 1. The van der Waals surface area contributed by atoms with Crippen LogP contribution in [-0.4, -0.2) is 5.24 Å². The van der Waals surface area contributed by atoms with Crippen molar-refractivity contribution in [2.24, 2.45) is 0 Å². The molecule has 0 aliphatic heterocycles. The van der Waals surface area contributed by atoms with Crippen molar-refractivity contribution in [1.29, 1.82) is 0 Å². The molecule has 0 heterocycles. The molecular formula is C14H7Cl2F3O2. The Kier molecular flexibility index (Phi) is 4.44. The molecule has 0 amide bonds. The molecule has 0 spiro atoms. The lowest BCUT2D eigenvalue weighted by Crippen LogP contribution is -2.06. The molecule has 0 saturated heterocycles. The van der Waals surface area contributed by atoms with Crippen LogP contribution >= 0.6 is 23.2 Å². The van der Waals surface area contributed by atoms with E-state index in [2.05, 4.69) is 0 Å². The zero-order valence-corrected chi connectivity index (χ0v) is 11.8. The maximum absolute atomic E-state index is 12.8. The van der Waals surface area contributed by atoms with Gasteiger partial charge in [-0.05, 0) is 35.9 Å². The molecule has 7 heteroatoms. The Hall–Kier alpha value is -1.72.